The van der Waals surface area contributed by atoms with Gasteiger partial charge in [-0.1, -0.05) is 30.3 Å². The molecule has 0 unspecified atom stereocenters. The van der Waals surface area contributed by atoms with E-state index in [0.29, 0.717) is 5.57 Å². The Morgan fingerprint density at radius 1 is 1.29 bits per heavy atom. The second-order valence-electron chi connectivity index (χ2n) is 3.59. The molecule has 0 bridgehead atoms. The maximum Gasteiger partial charge on any atom is 0.331 e. The highest BCUT2D eigenvalue weighted by Gasteiger charge is 2.29. The molecule has 0 spiro atoms. The van der Waals surface area contributed by atoms with Gasteiger partial charge in [-0.05, 0) is 30.4 Å². The lowest BCUT2D eigenvalue weighted by molar-refractivity contribution is -0.132. The van der Waals surface area contributed by atoms with Gasteiger partial charge in [-0.3, -0.25) is 0 Å². The summed E-state index contributed by atoms with van der Waals surface area (Å²) in [5, 5.41) is 8.98. The Morgan fingerprint density at radius 2 is 1.93 bits per heavy atom. The van der Waals surface area contributed by atoms with Crippen molar-refractivity contribution in [1.82, 2.24) is 0 Å². The third kappa shape index (κ3) is 2.02. The number of aliphatic carboxylic acids is 1. The van der Waals surface area contributed by atoms with Crippen LogP contribution in [-0.2, 0) is 4.79 Å². The van der Waals surface area contributed by atoms with Crippen LogP contribution in [0.2, 0.25) is 0 Å². The number of benzene rings is 1. The Hall–Kier alpha value is -1.57. The van der Waals surface area contributed by atoms with Gasteiger partial charge < -0.3 is 5.11 Å². The van der Waals surface area contributed by atoms with Crippen LogP contribution in [0.4, 0.5) is 0 Å². The van der Waals surface area contributed by atoms with E-state index in [1.807, 2.05) is 30.3 Å². The number of hydrogen-bond acceptors (Lipinski definition) is 1. The molecule has 0 amide bonds. The number of carboxylic acid groups (broad SMARTS) is 1. The first kappa shape index (κ1) is 9.00. The Morgan fingerprint density at radius 3 is 2.43 bits per heavy atom. The Kier molecular flexibility index (Phi) is 2.35. The quantitative estimate of drug-likeness (QED) is 0.740. The number of hydrogen-bond donors (Lipinski definition) is 1. The van der Waals surface area contributed by atoms with E-state index in [-0.39, 0.29) is 5.92 Å². The molecular formula is C12H12O2. The minimum absolute atomic E-state index is 0.285. The zero-order valence-electron chi connectivity index (χ0n) is 7.81. The topological polar surface area (TPSA) is 37.3 Å². The van der Waals surface area contributed by atoms with Gasteiger partial charge in [0.1, 0.15) is 0 Å². The molecule has 0 saturated heterocycles. The van der Waals surface area contributed by atoms with Crippen molar-refractivity contribution in [2.75, 3.05) is 0 Å². The van der Waals surface area contributed by atoms with E-state index in [0.717, 1.165) is 18.4 Å². The van der Waals surface area contributed by atoms with Gasteiger partial charge in [-0.2, -0.15) is 0 Å². The van der Waals surface area contributed by atoms with Crippen LogP contribution in [0.25, 0.3) is 6.08 Å². The molecule has 0 aliphatic heterocycles. The third-order valence-corrected chi connectivity index (χ3v) is 2.39. The first-order valence-electron chi connectivity index (χ1n) is 4.77. The van der Waals surface area contributed by atoms with Gasteiger partial charge >= 0.3 is 5.97 Å². The monoisotopic (exact) mass is 188 g/mol. The first-order valence-corrected chi connectivity index (χ1v) is 4.77. The van der Waals surface area contributed by atoms with Crippen molar-refractivity contribution in [2.45, 2.75) is 12.8 Å². The fourth-order valence-corrected chi connectivity index (χ4v) is 1.48. The summed E-state index contributed by atoms with van der Waals surface area (Å²) in [7, 11) is 0. The van der Waals surface area contributed by atoms with Gasteiger partial charge in [0.15, 0.2) is 0 Å². The highest BCUT2D eigenvalue weighted by molar-refractivity contribution is 5.93. The van der Waals surface area contributed by atoms with E-state index in [1.165, 1.54) is 0 Å². The smallest absolute Gasteiger partial charge is 0.331 e. The Balaban J connectivity index is 2.26. The SMILES string of the molecule is O=C(O)/C(=C\c1ccccc1)C1CC1. The fourth-order valence-electron chi connectivity index (χ4n) is 1.48. The standard InChI is InChI=1S/C12H12O2/c13-12(14)11(10-6-7-10)8-9-4-2-1-3-5-9/h1-5,8,10H,6-7H2,(H,13,14)/b11-8-. The molecule has 1 N–H and O–H groups in total. The molecule has 0 radical (unpaired) electrons. The van der Waals surface area contributed by atoms with Crippen molar-refractivity contribution in [1.29, 1.82) is 0 Å². The van der Waals surface area contributed by atoms with Gasteiger partial charge in [0.05, 0.1) is 0 Å². The molecular weight excluding hydrogens is 176 g/mol. The van der Waals surface area contributed by atoms with Crippen LogP contribution in [0.3, 0.4) is 0 Å². The maximum atomic E-state index is 10.9. The Bertz CT molecular complexity index is 361. The average Bonchev–Trinajstić information content (AvgIpc) is 2.99. The first-order chi connectivity index (χ1) is 6.77. The maximum absolute atomic E-state index is 10.9. The van der Waals surface area contributed by atoms with Crippen LogP contribution in [0.5, 0.6) is 0 Å². The summed E-state index contributed by atoms with van der Waals surface area (Å²) >= 11 is 0. The third-order valence-electron chi connectivity index (χ3n) is 2.39. The lowest BCUT2D eigenvalue weighted by atomic mass is 10.1. The van der Waals surface area contributed by atoms with E-state index in [4.69, 9.17) is 5.11 Å². The molecule has 1 saturated carbocycles. The molecule has 2 nitrogen and oxygen atoms in total. The zero-order valence-corrected chi connectivity index (χ0v) is 7.81. The van der Waals surface area contributed by atoms with Crippen molar-refractivity contribution >= 4 is 12.0 Å². The second-order valence-corrected chi connectivity index (χ2v) is 3.59. The van der Waals surface area contributed by atoms with Crippen molar-refractivity contribution in [3.05, 3.63) is 41.5 Å². The highest BCUT2D eigenvalue weighted by Crippen LogP contribution is 2.37. The van der Waals surface area contributed by atoms with Gasteiger partial charge in [0.25, 0.3) is 0 Å². The fraction of sp³-hybridized carbons (Fsp3) is 0.250. The summed E-state index contributed by atoms with van der Waals surface area (Å²) in [6.45, 7) is 0. The lowest BCUT2D eigenvalue weighted by Gasteiger charge is -1.99. The van der Waals surface area contributed by atoms with E-state index < -0.39 is 5.97 Å². The number of carbonyl (C=O) groups is 1. The van der Waals surface area contributed by atoms with Crippen molar-refractivity contribution in [3.8, 4) is 0 Å². The summed E-state index contributed by atoms with van der Waals surface area (Å²) in [6.07, 6.45) is 3.82. The highest BCUT2D eigenvalue weighted by atomic mass is 16.4. The van der Waals surface area contributed by atoms with E-state index >= 15 is 0 Å². The molecule has 0 atom stereocenters. The number of carboxylic acids is 1. The number of rotatable bonds is 3. The minimum atomic E-state index is -0.781. The van der Waals surface area contributed by atoms with Gasteiger partial charge in [0.2, 0.25) is 0 Å². The normalized spacial score (nSPS) is 16.7. The molecule has 2 heteroatoms. The summed E-state index contributed by atoms with van der Waals surface area (Å²) < 4.78 is 0. The van der Waals surface area contributed by atoms with Crippen LogP contribution in [0.1, 0.15) is 18.4 Å². The zero-order chi connectivity index (χ0) is 9.97. The van der Waals surface area contributed by atoms with Crippen molar-refractivity contribution < 1.29 is 9.90 Å². The second kappa shape index (κ2) is 3.66. The van der Waals surface area contributed by atoms with E-state index in [1.54, 1.807) is 6.08 Å². The molecule has 14 heavy (non-hydrogen) atoms. The molecule has 72 valence electrons. The largest absolute Gasteiger partial charge is 0.478 e. The molecule has 1 aliphatic carbocycles. The molecule has 0 aromatic heterocycles. The lowest BCUT2D eigenvalue weighted by Crippen LogP contribution is -2.01. The van der Waals surface area contributed by atoms with Crippen LogP contribution >= 0.6 is 0 Å². The minimum Gasteiger partial charge on any atom is -0.478 e. The van der Waals surface area contributed by atoms with Gasteiger partial charge in [0, 0.05) is 5.57 Å². The van der Waals surface area contributed by atoms with Crippen LogP contribution in [0, 0.1) is 5.92 Å². The Labute approximate surface area is 82.9 Å². The van der Waals surface area contributed by atoms with Crippen LogP contribution < -0.4 is 0 Å². The molecule has 1 aromatic carbocycles. The molecule has 1 aliphatic rings. The predicted molar refractivity (Wildman–Crippen MR) is 54.8 cm³/mol. The van der Waals surface area contributed by atoms with Gasteiger partial charge in [-0.25, -0.2) is 4.79 Å². The average molecular weight is 188 g/mol. The summed E-state index contributed by atoms with van der Waals surface area (Å²) in [4.78, 5) is 10.9. The predicted octanol–water partition coefficient (Wildman–Crippen LogP) is 2.56. The van der Waals surface area contributed by atoms with Crippen LogP contribution in [-0.4, -0.2) is 11.1 Å². The molecule has 1 aromatic rings. The molecule has 0 heterocycles. The molecule has 1 fully saturated rings. The van der Waals surface area contributed by atoms with E-state index in [2.05, 4.69) is 0 Å². The summed E-state index contributed by atoms with van der Waals surface area (Å²) in [6, 6.07) is 9.60. The summed E-state index contributed by atoms with van der Waals surface area (Å²) in [5.41, 5.74) is 1.52. The van der Waals surface area contributed by atoms with Crippen molar-refractivity contribution in [3.63, 3.8) is 0 Å². The van der Waals surface area contributed by atoms with Crippen molar-refractivity contribution in [2.24, 2.45) is 5.92 Å². The van der Waals surface area contributed by atoms with Gasteiger partial charge in [-0.15, -0.1) is 0 Å². The molecule has 2 rings (SSSR count). The van der Waals surface area contributed by atoms with Crippen LogP contribution in [0.15, 0.2) is 35.9 Å². The summed E-state index contributed by atoms with van der Waals surface area (Å²) in [5.74, 6) is -0.496. The van der Waals surface area contributed by atoms with E-state index in [9.17, 15) is 4.79 Å².